The Morgan fingerprint density at radius 3 is 2.38 bits per heavy atom. The van der Waals surface area contributed by atoms with Gasteiger partial charge in [0.05, 0.1) is 20.9 Å². The van der Waals surface area contributed by atoms with Crippen molar-refractivity contribution in [3.05, 3.63) is 38.8 Å². The number of aryl methyl sites for hydroxylation is 4. The van der Waals surface area contributed by atoms with Crippen LogP contribution in [0.3, 0.4) is 0 Å². The van der Waals surface area contributed by atoms with E-state index in [0.717, 1.165) is 52.4 Å². The second-order valence-electron chi connectivity index (χ2n) is 6.78. The van der Waals surface area contributed by atoms with Crippen LogP contribution in [0.4, 0.5) is 5.13 Å². The first-order valence-corrected chi connectivity index (χ1v) is 10.4. The highest BCUT2D eigenvalue weighted by molar-refractivity contribution is 7.22. The molecule has 1 aliphatic rings. The zero-order valence-electron chi connectivity index (χ0n) is 15.5. The second-order valence-corrected chi connectivity index (χ2v) is 8.99. The van der Waals surface area contributed by atoms with E-state index < -0.39 is 0 Å². The highest BCUT2D eigenvalue weighted by Crippen LogP contribution is 2.32. The van der Waals surface area contributed by atoms with E-state index >= 15 is 0 Å². The maximum Gasteiger partial charge on any atom is 0.265 e. The van der Waals surface area contributed by atoms with Gasteiger partial charge in [-0.2, -0.15) is 0 Å². The topological polar surface area (TPSA) is 49.3 Å². The normalized spacial score (nSPS) is 15.1. The molecule has 136 valence electrons. The Morgan fingerprint density at radius 1 is 1.00 bits per heavy atom. The number of hydrogen-bond acceptors (Lipinski definition) is 6. The van der Waals surface area contributed by atoms with Gasteiger partial charge in [-0.15, -0.1) is 11.3 Å². The van der Waals surface area contributed by atoms with Gasteiger partial charge in [0, 0.05) is 26.2 Å². The van der Waals surface area contributed by atoms with Gasteiger partial charge in [-0.05, 0) is 44.9 Å². The molecular weight excluding hydrogens is 364 g/mol. The number of fused-ring (bicyclic) bond motifs is 1. The molecule has 0 unspecified atom stereocenters. The molecule has 1 fully saturated rings. The maximum atomic E-state index is 12.8. The zero-order chi connectivity index (χ0) is 18.4. The van der Waals surface area contributed by atoms with Crippen LogP contribution in [0.15, 0.2) is 12.1 Å². The van der Waals surface area contributed by atoms with Crippen molar-refractivity contribution in [1.82, 2.24) is 14.9 Å². The van der Waals surface area contributed by atoms with Gasteiger partial charge in [-0.1, -0.05) is 17.4 Å². The SMILES string of the molecule is Cc1nc(C)c(C(=O)N2CCN(c3nc4c(C)c(C)ccc4s3)CC2)s1. The molecule has 1 aromatic carbocycles. The molecule has 3 heterocycles. The Balaban J connectivity index is 1.49. The summed E-state index contributed by atoms with van der Waals surface area (Å²) in [5.41, 5.74) is 4.49. The van der Waals surface area contributed by atoms with Crippen molar-refractivity contribution in [1.29, 1.82) is 0 Å². The standard InChI is InChI=1S/C19H22N4OS2/c1-11-5-6-15-16(12(11)2)21-19(26-15)23-9-7-22(8-10-23)18(24)17-13(3)20-14(4)25-17/h5-6H,7-10H2,1-4H3. The summed E-state index contributed by atoms with van der Waals surface area (Å²) in [5, 5.41) is 2.01. The predicted octanol–water partition coefficient (Wildman–Crippen LogP) is 3.95. The summed E-state index contributed by atoms with van der Waals surface area (Å²) in [5.74, 6) is 0.114. The van der Waals surface area contributed by atoms with Gasteiger partial charge in [-0.25, -0.2) is 9.97 Å². The first-order chi connectivity index (χ1) is 12.4. The van der Waals surface area contributed by atoms with Gasteiger partial charge >= 0.3 is 0 Å². The van der Waals surface area contributed by atoms with Crippen LogP contribution in [0, 0.1) is 27.7 Å². The average Bonchev–Trinajstić information content (AvgIpc) is 3.21. The Bertz CT molecular complexity index is 983. The molecule has 3 aromatic rings. The largest absolute Gasteiger partial charge is 0.345 e. The van der Waals surface area contributed by atoms with Gasteiger partial charge in [0.2, 0.25) is 0 Å². The molecule has 26 heavy (non-hydrogen) atoms. The number of piperazine rings is 1. The van der Waals surface area contributed by atoms with Crippen LogP contribution in [0.1, 0.15) is 31.5 Å². The molecule has 0 atom stereocenters. The first-order valence-electron chi connectivity index (χ1n) is 8.79. The predicted molar refractivity (Wildman–Crippen MR) is 109 cm³/mol. The van der Waals surface area contributed by atoms with E-state index in [-0.39, 0.29) is 5.91 Å². The molecule has 0 aliphatic carbocycles. The molecule has 2 aromatic heterocycles. The minimum atomic E-state index is 0.114. The molecule has 1 aliphatic heterocycles. The number of carbonyl (C=O) groups is 1. The fraction of sp³-hybridized carbons (Fsp3) is 0.421. The van der Waals surface area contributed by atoms with Crippen LogP contribution in [0.25, 0.3) is 10.2 Å². The molecular formula is C19H22N4OS2. The summed E-state index contributed by atoms with van der Waals surface area (Å²) in [6.07, 6.45) is 0. The number of carbonyl (C=O) groups excluding carboxylic acids is 1. The van der Waals surface area contributed by atoms with Crippen LogP contribution >= 0.6 is 22.7 Å². The molecule has 1 amide bonds. The highest BCUT2D eigenvalue weighted by Gasteiger charge is 2.26. The van der Waals surface area contributed by atoms with Gasteiger partial charge in [-0.3, -0.25) is 4.79 Å². The van der Waals surface area contributed by atoms with Gasteiger partial charge in [0.25, 0.3) is 5.91 Å². The third-order valence-electron chi connectivity index (χ3n) is 5.01. The monoisotopic (exact) mass is 386 g/mol. The quantitative estimate of drug-likeness (QED) is 0.669. The van der Waals surface area contributed by atoms with E-state index in [9.17, 15) is 4.79 Å². The van der Waals surface area contributed by atoms with E-state index in [0.29, 0.717) is 0 Å². The molecule has 5 nitrogen and oxygen atoms in total. The average molecular weight is 387 g/mol. The fourth-order valence-corrected chi connectivity index (χ4v) is 5.29. The number of aromatic nitrogens is 2. The third kappa shape index (κ3) is 2.99. The van der Waals surface area contributed by atoms with Crippen molar-refractivity contribution in [2.24, 2.45) is 0 Å². The number of nitrogens with zero attached hydrogens (tertiary/aromatic N) is 4. The minimum Gasteiger partial charge on any atom is -0.345 e. The summed E-state index contributed by atoms with van der Waals surface area (Å²) in [6.45, 7) is 11.2. The number of thiazole rings is 2. The molecule has 1 saturated heterocycles. The van der Waals surface area contributed by atoms with E-state index in [1.165, 1.54) is 27.2 Å². The highest BCUT2D eigenvalue weighted by atomic mass is 32.1. The van der Waals surface area contributed by atoms with Crippen molar-refractivity contribution in [3.8, 4) is 0 Å². The summed E-state index contributed by atoms with van der Waals surface area (Å²) in [4.78, 5) is 27.0. The number of anilines is 1. The molecule has 7 heteroatoms. The van der Waals surface area contributed by atoms with E-state index in [4.69, 9.17) is 4.98 Å². The van der Waals surface area contributed by atoms with E-state index in [1.54, 1.807) is 11.3 Å². The van der Waals surface area contributed by atoms with Crippen LogP contribution in [-0.2, 0) is 0 Å². The number of benzene rings is 1. The van der Waals surface area contributed by atoms with Crippen molar-refractivity contribution in [2.75, 3.05) is 31.1 Å². The summed E-state index contributed by atoms with van der Waals surface area (Å²) in [6, 6.07) is 4.32. The van der Waals surface area contributed by atoms with Crippen molar-refractivity contribution in [3.63, 3.8) is 0 Å². The fourth-order valence-electron chi connectivity index (χ4n) is 3.32. The number of rotatable bonds is 2. The Morgan fingerprint density at radius 2 is 1.73 bits per heavy atom. The van der Waals surface area contributed by atoms with E-state index in [1.807, 2.05) is 18.7 Å². The van der Waals surface area contributed by atoms with Crippen LogP contribution in [0.5, 0.6) is 0 Å². The molecule has 0 spiro atoms. The molecule has 0 saturated carbocycles. The first kappa shape index (κ1) is 17.4. The van der Waals surface area contributed by atoms with Crippen LogP contribution in [-0.4, -0.2) is 47.0 Å². The lowest BCUT2D eigenvalue weighted by atomic mass is 10.1. The Kier molecular flexibility index (Phi) is 4.44. The molecule has 4 rings (SSSR count). The lowest BCUT2D eigenvalue weighted by Crippen LogP contribution is -2.48. The number of amides is 1. The number of hydrogen-bond donors (Lipinski definition) is 0. The Hall–Kier alpha value is -1.99. The molecule has 0 radical (unpaired) electrons. The summed E-state index contributed by atoms with van der Waals surface area (Å²) >= 11 is 3.23. The smallest absolute Gasteiger partial charge is 0.265 e. The molecule has 0 N–H and O–H groups in total. The van der Waals surface area contributed by atoms with Crippen molar-refractivity contribution >= 4 is 43.9 Å². The lowest BCUT2D eigenvalue weighted by molar-refractivity contribution is 0.0750. The van der Waals surface area contributed by atoms with Crippen LogP contribution in [0.2, 0.25) is 0 Å². The summed E-state index contributed by atoms with van der Waals surface area (Å²) in [7, 11) is 0. The van der Waals surface area contributed by atoms with Gasteiger partial charge in [0.1, 0.15) is 4.88 Å². The maximum absolute atomic E-state index is 12.8. The van der Waals surface area contributed by atoms with Crippen molar-refractivity contribution in [2.45, 2.75) is 27.7 Å². The second kappa shape index (κ2) is 6.63. The van der Waals surface area contributed by atoms with Crippen LogP contribution < -0.4 is 4.90 Å². The zero-order valence-corrected chi connectivity index (χ0v) is 17.1. The third-order valence-corrected chi connectivity index (χ3v) is 7.15. The minimum absolute atomic E-state index is 0.114. The van der Waals surface area contributed by atoms with E-state index in [2.05, 4.69) is 35.9 Å². The summed E-state index contributed by atoms with van der Waals surface area (Å²) < 4.78 is 1.23. The Labute approximate surface area is 161 Å². The lowest BCUT2D eigenvalue weighted by Gasteiger charge is -2.34. The van der Waals surface area contributed by atoms with Gasteiger partial charge < -0.3 is 9.80 Å². The molecule has 0 bridgehead atoms. The van der Waals surface area contributed by atoms with Crippen molar-refractivity contribution < 1.29 is 4.79 Å². The van der Waals surface area contributed by atoms with Gasteiger partial charge in [0.15, 0.2) is 5.13 Å².